The Morgan fingerprint density at radius 2 is 1.81 bits per heavy atom. The second-order valence-corrected chi connectivity index (χ2v) is 4.35. The van der Waals surface area contributed by atoms with Gasteiger partial charge in [-0.3, -0.25) is 0 Å². The number of alkyl halides is 3. The van der Waals surface area contributed by atoms with Crippen molar-refractivity contribution in [2.75, 3.05) is 12.4 Å². The van der Waals surface area contributed by atoms with E-state index in [1.165, 1.54) is 37.4 Å². The third kappa shape index (κ3) is 3.65. The van der Waals surface area contributed by atoms with Crippen molar-refractivity contribution < 1.29 is 22.3 Å². The van der Waals surface area contributed by atoms with Crippen LogP contribution in [0.2, 0.25) is 0 Å². The maximum absolute atomic E-state index is 13.1. The number of benzene rings is 2. The molecular weight excluding hydrogens is 286 g/mol. The molecule has 0 aliphatic rings. The van der Waals surface area contributed by atoms with Crippen LogP contribution in [-0.2, 0) is 12.7 Å². The molecule has 6 heteroatoms. The highest BCUT2D eigenvalue weighted by atomic mass is 19.4. The van der Waals surface area contributed by atoms with Gasteiger partial charge < -0.3 is 10.1 Å². The van der Waals surface area contributed by atoms with Crippen LogP contribution in [0.1, 0.15) is 11.1 Å². The first kappa shape index (κ1) is 15.2. The molecule has 112 valence electrons. The fraction of sp³-hybridized carbons (Fsp3) is 0.200. The molecule has 0 fully saturated rings. The van der Waals surface area contributed by atoms with E-state index in [1.807, 2.05) is 0 Å². The summed E-state index contributed by atoms with van der Waals surface area (Å²) in [4.78, 5) is 0. The summed E-state index contributed by atoms with van der Waals surface area (Å²) in [5, 5.41) is 2.83. The Morgan fingerprint density at radius 3 is 2.48 bits per heavy atom. The highest BCUT2D eigenvalue weighted by Gasteiger charge is 2.32. The molecule has 0 amide bonds. The van der Waals surface area contributed by atoms with Gasteiger partial charge in [0.25, 0.3) is 0 Å². The Hall–Kier alpha value is -2.24. The van der Waals surface area contributed by atoms with Crippen LogP contribution in [-0.4, -0.2) is 7.11 Å². The lowest BCUT2D eigenvalue weighted by molar-refractivity contribution is -0.138. The predicted molar refractivity (Wildman–Crippen MR) is 71.7 cm³/mol. The standard InChI is InChI=1S/C15H13F4NO/c1-21-14-8-11(16)6-7-13(14)20-9-10-4-2-3-5-12(10)15(17,18)19/h2-8,20H,9H2,1H3. The summed E-state index contributed by atoms with van der Waals surface area (Å²) in [5.74, 6) is -0.243. The molecule has 0 aromatic heterocycles. The van der Waals surface area contributed by atoms with Crippen LogP contribution in [0, 0.1) is 5.82 Å². The molecule has 0 aliphatic carbocycles. The van der Waals surface area contributed by atoms with Crippen LogP contribution in [0.4, 0.5) is 23.2 Å². The highest BCUT2D eigenvalue weighted by molar-refractivity contribution is 5.56. The summed E-state index contributed by atoms with van der Waals surface area (Å²) in [6.45, 7) is -0.0440. The zero-order chi connectivity index (χ0) is 15.5. The van der Waals surface area contributed by atoms with Crippen LogP contribution in [0.15, 0.2) is 42.5 Å². The molecule has 0 unspecified atom stereocenters. The van der Waals surface area contributed by atoms with Gasteiger partial charge in [-0.2, -0.15) is 13.2 Å². The number of nitrogens with one attached hydrogen (secondary N) is 1. The van der Waals surface area contributed by atoms with E-state index in [4.69, 9.17) is 4.74 Å². The molecule has 0 spiro atoms. The molecule has 0 radical (unpaired) electrons. The maximum Gasteiger partial charge on any atom is 0.416 e. The van der Waals surface area contributed by atoms with Gasteiger partial charge in [0.1, 0.15) is 11.6 Å². The van der Waals surface area contributed by atoms with E-state index in [0.29, 0.717) is 5.69 Å². The molecule has 2 nitrogen and oxygen atoms in total. The number of halogens is 4. The largest absolute Gasteiger partial charge is 0.494 e. The second kappa shape index (κ2) is 6.03. The summed E-state index contributed by atoms with van der Waals surface area (Å²) in [6.07, 6.45) is -4.41. The maximum atomic E-state index is 13.1. The van der Waals surface area contributed by atoms with Gasteiger partial charge in [-0.25, -0.2) is 4.39 Å². The van der Waals surface area contributed by atoms with Gasteiger partial charge in [0.15, 0.2) is 0 Å². The third-order valence-electron chi connectivity index (χ3n) is 2.96. The smallest absolute Gasteiger partial charge is 0.416 e. The molecule has 0 aliphatic heterocycles. The molecule has 1 N–H and O–H groups in total. The monoisotopic (exact) mass is 299 g/mol. The van der Waals surface area contributed by atoms with Crippen molar-refractivity contribution in [2.24, 2.45) is 0 Å². The number of hydrogen-bond acceptors (Lipinski definition) is 2. The third-order valence-corrected chi connectivity index (χ3v) is 2.96. The van der Waals surface area contributed by atoms with Crippen LogP contribution in [0.3, 0.4) is 0 Å². The average molecular weight is 299 g/mol. The van der Waals surface area contributed by atoms with Crippen LogP contribution >= 0.6 is 0 Å². The lowest BCUT2D eigenvalue weighted by atomic mass is 10.1. The number of ether oxygens (including phenoxy) is 1. The molecule has 0 saturated carbocycles. The van der Waals surface area contributed by atoms with E-state index in [-0.39, 0.29) is 17.9 Å². The molecule has 0 bridgehead atoms. The molecule has 0 heterocycles. The summed E-state index contributed by atoms with van der Waals surface area (Å²) in [6, 6.07) is 9.09. The summed E-state index contributed by atoms with van der Waals surface area (Å²) >= 11 is 0. The summed E-state index contributed by atoms with van der Waals surface area (Å²) < 4.78 is 56.7. The van der Waals surface area contributed by atoms with E-state index in [2.05, 4.69) is 5.32 Å². The zero-order valence-electron chi connectivity index (χ0n) is 11.2. The Bertz CT molecular complexity index is 625. The van der Waals surface area contributed by atoms with Gasteiger partial charge in [-0.05, 0) is 23.8 Å². The van der Waals surface area contributed by atoms with Crippen LogP contribution < -0.4 is 10.1 Å². The molecule has 0 atom stereocenters. The van der Waals surface area contributed by atoms with Gasteiger partial charge in [-0.1, -0.05) is 18.2 Å². The fourth-order valence-electron chi connectivity index (χ4n) is 1.95. The Morgan fingerprint density at radius 1 is 1.10 bits per heavy atom. The van der Waals surface area contributed by atoms with E-state index in [1.54, 1.807) is 0 Å². The zero-order valence-corrected chi connectivity index (χ0v) is 11.2. The Balaban J connectivity index is 2.21. The summed E-state index contributed by atoms with van der Waals surface area (Å²) in [5.41, 5.74) is -0.161. The SMILES string of the molecule is COc1cc(F)ccc1NCc1ccccc1C(F)(F)F. The van der Waals surface area contributed by atoms with Crippen molar-refractivity contribution in [1.29, 1.82) is 0 Å². The number of hydrogen-bond donors (Lipinski definition) is 1. The van der Waals surface area contributed by atoms with Gasteiger partial charge in [0.05, 0.1) is 18.4 Å². The lowest BCUT2D eigenvalue weighted by Crippen LogP contribution is -2.12. The highest BCUT2D eigenvalue weighted by Crippen LogP contribution is 2.33. The quantitative estimate of drug-likeness (QED) is 0.841. The average Bonchev–Trinajstić information content (AvgIpc) is 2.45. The first-order valence-electron chi connectivity index (χ1n) is 6.14. The van der Waals surface area contributed by atoms with Crippen molar-refractivity contribution in [2.45, 2.75) is 12.7 Å². The van der Waals surface area contributed by atoms with Gasteiger partial charge in [0, 0.05) is 12.6 Å². The minimum atomic E-state index is -4.41. The number of methoxy groups -OCH3 is 1. The predicted octanol–water partition coefficient (Wildman–Crippen LogP) is 4.47. The molecule has 2 aromatic carbocycles. The first-order chi connectivity index (χ1) is 9.91. The van der Waals surface area contributed by atoms with Crippen molar-refractivity contribution in [3.8, 4) is 5.75 Å². The fourth-order valence-corrected chi connectivity index (χ4v) is 1.95. The minimum absolute atomic E-state index is 0.0440. The van der Waals surface area contributed by atoms with Crippen molar-refractivity contribution >= 4 is 5.69 Å². The molecule has 21 heavy (non-hydrogen) atoms. The normalized spacial score (nSPS) is 11.3. The van der Waals surface area contributed by atoms with Crippen molar-refractivity contribution in [1.82, 2.24) is 0 Å². The Labute approximate surface area is 119 Å². The summed E-state index contributed by atoms with van der Waals surface area (Å²) in [7, 11) is 1.36. The first-order valence-corrected chi connectivity index (χ1v) is 6.14. The topological polar surface area (TPSA) is 21.3 Å². The van der Waals surface area contributed by atoms with Crippen molar-refractivity contribution in [3.63, 3.8) is 0 Å². The van der Waals surface area contributed by atoms with Crippen LogP contribution in [0.5, 0.6) is 5.75 Å². The molecular formula is C15H13F4NO. The minimum Gasteiger partial charge on any atom is -0.494 e. The van der Waals surface area contributed by atoms with E-state index >= 15 is 0 Å². The molecule has 2 aromatic rings. The number of anilines is 1. The van der Waals surface area contributed by atoms with Crippen molar-refractivity contribution in [3.05, 3.63) is 59.4 Å². The van der Waals surface area contributed by atoms with E-state index in [9.17, 15) is 17.6 Å². The Kier molecular flexibility index (Phi) is 4.35. The van der Waals surface area contributed by atoms with Gasteiger partial charge in [0.2, 0.25) is 0 Å². The van der Waals surface area contributed by atoms with Crippen LogP contribution in [0.25, 0.3) is 0 Å². The van der Waals surface area contributed by atoms with E-state index in [0.717, 1.165) is 12.1 Å². The second-order valence-electron chi connectivity index (χ2n) is 4.35. The van der Waals surface area contributed by atoms with E-state index < -0.39 is 17.6 Å². The number of rotatable bonds is 4. The lowest BCUT2D eigenvalue weighted by Gasteiger charge is -2.15. The van der Waals surface area contributed by atoms with Gasteiger partial charge in [-0.15, -0.1) is 0 Å². The molecule has 0 saturated heterocycles. The van der Waals surface area contributed by atoms with Gasteiger partial charge >= 0.3 is 6.18 Å². The molecule has 2 rings (SSSR count).